The van der Waals surface area contributed by atoms with Crippen LogP contribution < -0.4 is 5.32 Å². The summed E-state index contributed by atoms with van der Waals surface area (Å²) in [7, 11) is 0. The number of nitrogens with one attached hydrogen (secondary N) is 1. The predicted molar refractivity (Wildman–Crippen MR) is 84.8 cm³/mol. The van der Waals surface area contributed by atoms with Crippen LogP contribution in [0.15, 0.2) is 6.07 Å². The van der Waals surface area contributed by atoms with E-state index in [1.807, 2.05) is 6.92 Å². The van der Waals surface area contributed by atoms with Gasteiger partial charge in [0.15, 0.2) is 0 Å². The molecule has 0 aromatic carbocycles. The molecule has 2 heterocycles. The Morgan fingerprint density at radius 1 is 1.48 bits per heavy atom. The normalized spacial score (nSPS) is 17.7. The number of ether oxygens (including phenoxy) is 2. The molecule has 118 valence electrons. The van der Waals surface area contributed by atoms with Crippen molar-refractivity contribution < 1.29 is 14.3 Å². The number of hydrogen-bond acceptors (Lipinski definition) is 4. The zero-order valence-electron chi connectivity index (χ0n) is 13.1. The number of hydrogen-bond donors (Lipinski definition) is 1. The van der Waals surface area contributed by atoms with E-state index in [2.05, 4.69) is 25.2 Å². The molecule has 0 unspecified atom stereocenters. The third-order valence-electron chi connectivity index (χ3n) is 3.77. The summed E-state index contributed by atoms with van der Waals surface area (Å²) in [5, 5.41) is 3.05. The topological polar surface area (TPSA) is 47.6 Å². The number of carbonyl (C=O) groups excluding carboxylic acids is 1. The molecular formula is C16H25NO3S. The number of carbonyl (C=O) groups is 1. The summed E-state index contributed by atoms with van der Waals surface area (Å²) < 4.78 is 11.0. The molecule has 21 heavy (non-hydrogen) atoms. The van der Waals surface area contributed by atoms with Crippen molar-refractivity contribution in [2.75, 3.05) is 19.8 Å². The van der Waals surface area contributed by atoms with Gasteiger partial charge in [-0.2, -0.15) is 0 Å². The molecule has 1 amide bonds. The molecule has 2 rings (SSSR count). The van der Waals surface area contributed by atoms with Crippen LogP contribution in [0.25, 0.3) is 0 Å². The molecule has 1 saturated heterocycles. The minimum absolute atomic E-state index is 0.0535. The van der Waals surface area contributed by atoms with Crippen LogP contribution in [0.2, 0.25) is 0 Å². The van der Waals surface area contributed by atoms with Gasteiger partial charge in [0.05, 0.1) is 18.8 Å². The van der Waals surface area contributed by atoms with Gasteiger partial charge >= 0.3 is 0 Å². The predicted octanol–water partition coefficient (Wildman–Crippen LogP) is 3.13. The van der Waals surface area contributed by atoms with Gasteiger partial charge in [0.25, 0.3) is 0 Å². The highest BCUT2D eigenvalue weighted by Gasteiger charge is 2.16. The lowest BCUT2D eigenvalue weighted by Gasteiger charge is -2.22. The van der Waals surface area contributed by atoms with Crippen LogP contribution >= 0.6 is 11.3 Å². The molecule has 1 aromatic heterocycles. The highest BCUT2D eigenvalue weighted by Crippen LogP contribution is 2.26. The minimum Gasteiger partial charge on any atom is -0.381 e. The third-order valence-corrected chi connectivity index (χ3v) is 4.76. The fraction of sp³-hybridized carbons (Fsp3) is 0.688. The van der Waals surface area contributed by atoms with Crippen LogP contribution in [0.5, 0.6) is 0 Å². The van der Waals surface area contributed by atoms with E-state index in [1.54, 1.807) is 11.3 Å². The summed E-state index contributed by atoms with van der Waals surface area (Å²) in [6, 6.07) is 2.22. The molecule has 0 spiro atoms. The lowest BCUT2D eigenvalue weighted by molar-refractivity contribution is -0.123. The van der Waals surface area contributed by atoms with Crippen molar-refractivity contribution in [3.05, 3.63) is 21.4 Å². The van der Waals surface area contributed by atoms with Gasteiger partial charge in [-0.15, -0.1) is 11.3 Å². The van der Waals surface area contributed by atoms with Gasteiger partial charge in [-0.1, -0.05) is 0 Å². The fourth-order valence-corrected chi connectivity index (χ4v) is 3.66. The van der Waals surface area contributed by atoms with E-state index in [0.29, 0.717) is 13.0 Å². The van der Waals surface area contributed by atoms with Gasteiger partial charge in [-0.25, -0.2) is 0 Å². The second-order valence-corrected chi connectivity index (χ2v) is 7.05. The van der Waals surface area contributed by atoms with E-state index in [1.165, 1.54) is 15.3 Å². The molecule has 1 aromatic rings. The van der Waals surface area contributed by atoms with E-state index in [9.17, 15) is 4.79 Å². The first-order valence-electron chi connectivity index (χ1n) is 7.62. The Bertz CT molecular complexity index is 466. The number of rotatable bonds is 6. The van der Waals surface area contributed by atoms with Gasteiger partial charge in [0.2, 0.25) is 5.91 Å². The first-order chi connectivity index (χ1) is 10.1. The molecule has 0 aliphatic carbocycles. The maximum absolute atomic E-state index is 12.0. The molecular weight excluding hydrogens is 286 g/mol. The van der Waals surface area contributed by atoms with E-state index in [0.717, 1.165) is 26.1 Å². The zero-order chi connectivity index (χ0) is 15.2. The average molecular weight is 311 g/mol. The van der Waals surface area contributed by atoms with Crippen LogP contribution in [0, 0.1) is 13.8 Å². The largest absolute Gasteiger partial charge is 0.381 e. The maximum atomic E-state index is 12.0. The second-order valence-electron chi connectivity index (χ2n) is 5.59. The Labute approximate surface area is 130 Å². The molecule has 1 aliphatic heterocycles. The molecule has 0 bridgehead atoms. The lowest BCUT2D eigenvalue weighted by Crippen LogP contribution is -2.29. The van der Waals surface area contributed by atoms with Crippen molar-refractivity contribution in [1.82, 2.24) is 5.32 Å². The van der Waals surface area contributed by atoms with Gasteiger partial charge in [0.1, 0.15) is 0 Å². The van der Waals surface area contributed by atoms with Gasteiger partial charge in [-0.05, 0) is 45.2 Å². The van der Waals surface area contributed by atoms with Gasteiger partial charge < -0.3 is 14.8 Å². The van der Waals surface area contributed by atoms with Crippen molar-refractivity contribution in [2.45, 2.75) is 52.2 Å². The van der Waals surface area contributed by atoms with E-state index in [4.69, 9.17) is 9.47 Å². The van der Waals surface area contributed by atoms with Crippen LogP contribution in [0.4, 0.5) is 0 Å². The Hall–Kier alpha value is -0.910. The molecule has 1 N–H and O–H groups in total. The Balaban J connectivity index is 1.70. The molecule has 4 nitrogen and oxygen atoms in total. The van der Waals surface area contributed by atoms with Crippen molar-refractivity contribution in [3.63, 3.8) is 0 Å². The molecule has 5 heteroatoms. The average Bonchev–Trinajstić information content (AvgIpc) is 2.79. The number of aryl methyl sites for hydroxylation is 2. The molecule has 1 atom stereocenters. The van der Waals surface area contributed by atoms with Crippen LogP contribution in [-0.4, -0.2) is 31.8 Å². The summed E-state index contributed by atoms with van der Waals surface area (Å²) in [6.07, 6.45) is 2.55. The first kappa shape index (κ1) is 16.5. The Morgan fingerprint density at radius 3 is 2.81 bits per heavy atom. The molecule has 0 radical (unpaired) electrons. The van der Waals surface area contributed by atoms with E-state index >= 15 is 0 Å². The minimum atomic E-state index is 0.0535. The summed E-state index contributed by atoms with van der Waals surface area (Å²) in [5.74, 6) is 0.0535. The lowest BCUT2D eigenvalue weighted by atomic mass is 10.1. The van der Waals surface area contributed by atoms with Gasteiger partial charge in [0, 0.05) is 29.4 Å². The molecule has 0 saturated carbocycles. The summed E-state index contributed by atoms with van der Waals surface area (Å²) in [4.78, 5) is 14.5. The van der Waals surface area contributed by atoms with Crippen LogP contribution in [-0.2, 0) is 14.3 Å². The number of thiophene rings is 1. The first-order valence-corrected chi connectivity index (χ1v) is 8.43. The van der Waals surface area contributed by atoms with Crippen LogP contribution in [0.1, 0.15) is 47.5 Å². The third kappa shape index (κ3) is 5.09. The Morgan fingerprint density at radius 2 is 2.19 bits per heavy atom. The highest BCUT2D eigenvalue weighted by atomic mass is 32.1. The summed E-state index contributed by atoms with van der Waals surface area (Å²) >= 11 is 1.77. The quantitative estimate of drug-likeness (QED) is 0.878. The number of amides is 1. The van der Waals surface area contributed by atoms with Crippen molar-refractivity contribution in [2.24, 2.45) is 0 Å². The second kappa shape index (κ2) is 7.92. The van der Waals surface area contributed by atoms with E-state index < -0.39 is 0 Å². The van der Waals surface area contributed by atoms with Crippen molar-refractivity contribution >= 4 is 17.2 Å². The molecule has 1 fully saturated rings. The summed E-state index contributed by atoms with van der Waals surface area (Å²) in [6.45, 7) is 8.26. The monoisotopic (exact) mass is 311 g/mol. The van der Waals surface area contributed by atoms with Gasteiger partial charge in [-0.3, -0.25) is 4.79 Å². The smallest absolute Gasteiger partial charge is 0.222 e. The van der Waals surface area contributed by atoms with Crippen molar-refractivity contribution in [1.29, 1.82) is 0 Å². The highest BCUT2D eigenvalue weighted by molar-refractivity contribution is 7.12. The fourth-order valence-electron chi connectivity index (χ4n) is 2.63. The van der Waals surface area contributed by atoms with E-state index in [-0.39, 0.29) is 18.1 Å². The SMILES string of the molecule is Cc1cc([C@H](C)NC(=O)CCOC2CCOCC2)c(C)s1. The Kier molecular flexibility index (Phi) is 6.21. The van der Waals surface area contributed by atoms with Crippen molar-refractivity contribution in [3.8, 4) is 0 Å². The molecule has 1 aliphatic rings. The zero-order valence-corrected chi connectivity index (χ0v) is 13.9. The standard InChI is InChI=1S/C16H25NO3S/c1-11-10-15(13(3)21-11)12(2)17-16(18)6-9-20-14-4-7-19-8-5-14/h10,12,14H,4-9H2,1-3H3,(H,17,18)/t12-/m0/s1. The van der Waals surface area contributed by atoms with Crippen LogP contribution in [0.3, 0.4) is 0 Å². The summed E-state index contributed by atoms with van der Waals surface area (Å²) in [5.41, 5.74) is 1.22. The maximum Gasteiger partial charge on any atom is 0.222 e.